The highest BCUT2D eigenvalue weighted by Gasteiger charge is 2.23. The average Bonchev–Trinajstić information content (AvgIpc) is 2.92. The number of nitrogens with zero attached hydrogens (tertiary/aromatic N) is 3. The minimum Gasteiger partial charge on any atom is -0.306 e. The van der Waals surface area contributed by atoms with E-state index in [4.69, 9.17) is 4.98 Å². The molecule has 0 aliphatic carbocycles. The highest BCUT2D eigenvalue weighted by Crippen LogP contribution is 2.26. The second kappa shape index (κ2) is 5.89. The van der Waals surface area contributed by atoms with Crippen molar-refractivity contribution in [2.75, 3.05) is 20.1 Å². The van der Waals surface area contributed by atoms with Gasteiger partial charge in [-0.25, -0.2) is 4.98 Å². The molecule has 1 aliphatic heterocycles. The highest BCUT2D eigenvalue weighted by atomic mass is 32.1. The molecule has 114 valence electrons. The molecule has 2 aromatic heterocycles. The molecule has 3 rings (SSSR count). The van der Waals surface area contributed by atoms with Gasteiger partial charge in [-0.2, -0.15) is 0 Å². The third-order valence-corrected chi connectivity index (χ3v) is 5.61. The third kappa shape index (κ3) is 2.64. The first-order valence-corrected chi connectivity index (χ1v) is 8.68. The Balaban J connectivity index is 2.11. The van der Waals surface area contributed by atoms with E-state index in [2.05, 4.69) is 25.8 Å². The predicted molar refractivity (Wildman–Crippen MR) is 88.4 cm³/mol. The standard InChI is InChI=1S/C16H23N3OS/c1-4-12-10-13-15(21-12)17-14(5-2)19(16(13)20)11-6-8-18(3)9-7-11/h10-11H,4-9H2,1-3H3. The molecule has 2 aromatic rings. The third-order valence-electron chi connectivity index (χ3n) is 4.44. The first kappa shape index (κ1) is 14.7. The molecule has 0 N–H and O–H groups in total. The molecule has 3 heterocycles. The van der Waals surface area contributed by atoms with Crippen LogP contribution in [0.1, 0.15) is 43.4 Å². The fourth-order valence-corrected chi connectivity index (χ4v) is 4.12. The van der Waals surface area contributed by atoms with E-state index in [1.54, 1.807) is 11.3 Å². The van der Waals surface area contributed by atoms with Crippen LogP contribution in [-0.2, 0) is 12.8 Å². The Morgan fingerprint density at radius 2 is 2.00 bits per heavy atom. The normalized spacial score (nSPS) is 17.7. The Morgan fingerprint density at radius 1 is 1.29 bits per heavy atom. The van der Waals surface area contributed by atoms with Crippen LogP contribution in [0.3, 0.4) is 0 Å². The molecule has 21 heavy (non-hydrogen) atoms. The van der Waals surface area contributed by atoms with Crippen LogP contribution in [0.2, 0.25) is 0 Å². The number of fused-ring (bicyclic) bond motifs is 1. The number of hydrogen-bond donors (Lipinski definition) is 0. The molecule has 1 fully saturated rings. The maximum absolute atomic E-state index is 12.9. The molecule has 0 unspecified atom stereocenters. The van der Waals surface area contributed by atoms with E-state index in [-0.39, 0.29) is 5.56 Å². The molecule has 4 nitrogen and oxygen atoms in total. The lowest BCUT2D eigenvalue weighted by molar-refractivity contribution is 0.216. The van der Waals surface area contributed by atoms with Crippen molar-refractivity contribution in [3.8, 4) is 0 Å². The molecule has 1 saturated heterocycles. The zero-order valence-electron chi connectivity index (χ0n) is 13.1. The molecule has 0 aromatic carbocycles. The van der Waals surface area contributed by atoms with Gasteiger partial charge >= 0.3 is 0 Å². The van der Waals surface area contributed by atoms with Crippen molar-refractivity contribution in [1.29, 1.82) is 0 Å². The highest BCUT2D eigenvalue weighted by molar-refractivity contribution is 7.18. The van der Waals surface area contributed by atoms with Gasteiger partial charge in [-0.15, -0.1) is 11.3 Å². The molecule has 0 saturated carbocycles. The summed E-state index contributed by atoms with van der Waals surface area (Å²) >= 11 is 1.66. The summed E-state index contributed by atoms with van der Waals surface area (Å²) in [6, 6.07) is 2.35. The van der Waals surface area contributed by atoms with Crippen molar-refractivity contribution in [1.82, 2.24) is 14.5 Å². The number of thiophene rings is 1. The van der Waals surface area contributed by atoms with Crippen LogP contribution < -0.4 is 5.56 Å². The first-order chi connectivity index (χ1) is 10.1. The molecular weight excluding hydrogens is 282 g/mol. The van der Waals surface area contributed by atoms with Gasteiger partial charge in [0.05, 0.1) is 5.39 Å². The fourth-order valence-electron chi connectivity index (χ4n) is 3.14. The summed E-state index contributed by atoms with van der Waals surface area (Å²) in [7, 11) is 2.15. The van der Waals surface area contributed by atoms with E-state index in [0.29, 0.717) is 6.04 Å². The zero-order valence-corrected chi connectivity index (χ0v) is 13.9. The number of piperidine rings is 1. The average molecular weight is 305 g/mol. The van der Waals surface area contributed by atoms with Crippen LogP contribution in [0.25, 0.3) is 10.2 Å². The lowest BCUT2D eigenvalue weighted by Gasteiger charge is -2.31. The quantitative estimate of drug-likeness (QED) is 0.875. The van der Waals surface area contributed by atoms with Gasteiger partial charge in [0.2, 0.25) is 0 Å². The summed E-state index contributed by atoms with van der Waals surface area (Å²) in [5, 5.41) is 0.813. The number of rotatable bonds is 3. The van der Waals surface area contributed by atoms with Crippen molar-refractivity contribution in [3.05, 3.63) is 27.1 Å². The molecule has 0 atom stereocenters. The van der Waals surface area contributed by atoms with Crippen molar-refractivity contribution in [3.63, 3.8) is 0 Å². The second-order valence-corrected chi connectivity index (χ2v) is 6.99. The number of hydrogen-bond acceptors (Lipinski definition) is 4. The maximum atomic E-state index is 12.9. The van der Waals surface area contributed by atoms with Crippen LogP contribution in [-0.4, -0.2) is 34.6 Å². The topological polar surface area (TPSA) is 38.1 Å². The van der Waals surface area contributed by atoms with Gasteiger partial charge in [0.1, 0.15) is 10.7 Å². The summed E-state index contributed by atoms with van der Waals surface area (Å²) in [6.07, 6.45) is 3.87. The zero-order chi connectivity index (χ0) is 15.0. The molecule has 0 bridgehead atoms. The molecule has 1 aliphatic rings. The van der Waals surface area contributed by atoms with Gasteiger partial charge in [-0.05, 0) is 45.5 Å². The largest absolute Gasteiger partial charge is 0.306 e. The van der Waals surface area contributed by atoms with E-state index >= 15 is 0 Å². The van der Waals surface area contributed by atoms with Gasteiger partial charge < -0.3 is 4.90 Å². The summed E-state index contributed by atoms with van der Waals surface area (Å²) in [5.74, 6) is 0.951. The summed E-state index contributed by atoms with van der Waals surface area (Å²) in [6.45, 7) is 6.33. The summed E-state index contributed by atoms with van der Waals surface area (Å²) in [5.41, 5.74) is 0.169. The Hall–Kier alpha value is -1.20. The van der Waals surface area contributed by atoms with Gasteiger partial charge in [-0.1, -0.05) is 13.8 Å². The lowest BCUT2D eigenvalue weighted by Crippen LogP contribution is -2.37. The Morgan fingerprint density at radius 3 is 2.62 bits per heavy atom. The van der Waals surface area contributed by atoms with Crippen molar-refractivity contribution < 1.29 is 0 Å². The van der Waals surface area contributed by atoms with Gasteiger partial charge in [-0.3, -0.25) is 9.36 Å². The maximum Gasteiger partial charge on any atom is 0.262 e. The van der Waals surface area contributed by atoms with Crippen LogP contribution in [0.4, 0.5) is 0 Å². The molecule has 0 spiro atoms. The van der Waals surface area contributed by atoms with E-state index in [1.165, 1.54) is 4.88 Å². The number of likely N-dealkylation sites (tertiary alicyclic amines) is 1. The molecule has 0 amide bonds. The number of aromatic nitrogens is 2. The minimum absolute atomic E-state index is 0.169. The Kier molecular flexibility index (Phi) is 4.13. The van der Waals surface area contributed by atoms with Crippen LogP contribution >= 0.6 is 11.3 Å². The van der Waals surface area contributed by atoms with Gasteiger partial charge in [0, 0.05) is 17.3 Å². The minimum atomic E-state index is 0.169. The predicted octanol–water partition coefficient (Wildman–Crippen LogP) is 2.85. The van der Waals surface area contributed by atoms with E-state index < -0.39 is 0 Å². The second-order valence-electron chi connectivity index (χ2n) is 5.88. The number of aryl methyl sites for hydroxylation is 2. The molecule has 0 radical (unpaired) electrons. The van der Waals surface area contributed by atoms with E-state index in [1.807, 2.05) is 10.6 Å². The van der Waals surface area contributed by atoms with E-state index in [9.17, 15) is 4.79 Å². The monoisotopic (exact) mass is 305 g/mol. The Labute approximate surface area is 129 Å². The SMILES string of the molecule is CCc1cc2c(=O)n(C3CCN(C)CC3)c(CC)nc2s1. The summed E-state index contributed by atoms with van der Waals surface area (Å²) in [4.78, 5) is 22.2. The van der Waals surface area contributed by atoms with Gasteiger partial charge in [0.15, 0.2) is 0 Å². The van der Waals surface area contributed by atoms with Crippen LogP contribution in [0, 0.1) is 0 Å². The van der Waals surface area contributed by atoms with E-state index in [0.717, 1.165) is 54.8 Å². The van der Waals surface area contributed by atoms with Crippen molar-refractivity contribution in [2.24, 2.45) is 0 Å². The molecule has 5 heteroatoms. The van der Waals surface area contributed by atoms with Crippen LogP contribution in [0.15, 0.2) is 10.9 Å². The first-order valence-electron chi connectivity index (χ1n) is 7.86. The van der Waals surface area contributed by atoms with Crippen molar-refractivity contribution >= 4 is 21.6 Å². The lowest BCUT2D eigenvalue weighted by atomic mass is 10.0. The smallest absolute Gasteiger partial charge is 0.262 e. The van der Waals surface area contributed by atoms with Crippen LogP contribution in [0.5, 0.6) is 0 Å². The summed E-state index contributed by atoms with van der Waals surface area (Å²) < 4.78 is 1.99. The fraction of sp³-hybridized carbons (Fsp3) is 0.625. The molecular formula is C16H23N3OS. The van der Waals surface area contributed by atoms with Crippen molar-refractivity contribution in [2.45, 2.75) is 45.6 Å². The van der Waals surface area contributed by atoms with Gasteiger partial charge in [0.25, 0.3) is 5.56 Å². The Bertz CT molecular complexity index is 695.